The lowest BCUT2D eigenvalue weighted by Crippen LogP contribution is -2.17. The Balaban J connectivity index is 1.40. The molecule has 1 aliphatic rings. The molecule has 28 heavy (non-hydrogen) atoms. The molecule has 10 heteroatoms. The lowest BCUT2D eigenvalue weighted by Gasteiger charge is -2.11. The molecule has 0 aliphatic carbocycles. The molecule has 3 aromatic rings. The van der Waals surface area contributed by atoms with Crippen LogP contribution in [0.1, 0.15) is 11.7 Å². The van der Waals surface area contributed by atoms with E-state index in [4.69, 9.17) is 14.1 Å². The maximum atomic E-state index is 12.2. The normalized spacial score (nSPS) is 16.4. The smallest absolute Gasteiger partial charge is 0.438 e. The summed E-state index contributed by atoms with van der Waals surface area (Å²) < 4.78 is 50.9. The Morgan fingerprint density at radius 2 is 1.79 bits per heavy atom. The second-order valence-corrected chi connectivity index (χ2v) is 5.68. The van der Waals surface area contributed by atoms with Crippen molar-refractivity contribution in [3.05, 3.63) is 72.6 Å². The van der Waals surface area contributed by atoms with Gasteiger partial charge in [0.2, 0.25) is 5.88 Å². The molecule has 0 bridgehead atoms. The minimum Gasteiger partial charge on any atom is -0.438 e. The van der Waals surface area contributed by atoms with Crippen LogP contribution in [-0.2, 0) is 4.84 Å². The summed E-state index contributed by atoms with van der Waals surface area (Å²) >= 11 is 0. The topological polar surface area (TPSA) is 78.6 Å². The number of ether oxygens (including phenoxy) is 2. The highest BCUT2D eigenvalue weighted by Crippen LogP contribution is 2.29. The van der Waals surface area contributed by atoms with Crippen molar-refractivity contribution in [3.63, 3.8) is 0 Å². The van der Waals surface area contributed by atoms with Crippen LogP contribution in [0.5, 0.6) is 11.5 Å². The first-order valence-electron chi connectivity index (χ1n) is 7.99. The fourth-order valence-corrected chi connectivity index (χ4v) is 2.48. The molecule has 0 unspecified atom stereocenters. The van der Waals surface area contributed by atoms with E-state index in [0.29, 0.717) is 22.9 Å². The molecule has 1 aromatic carbocycles. The molecule has 7 nitrogen and oxygen atoms in total. The Morgan fingerprint density at radius 1 is 1.00 bits per heavy atom. The van der Waals surface area contributed by atoms with E-state index in [9.17, 15) is 13.2 Å². The lowest BCUT2D eigenvalue weighted by molar-refractivity contribution is -0.274. The minimum atomic E-state index is -4.73. The standard InChI is InChI=1S/C18H12F3N3O4/c19-18(20,21)27-13-3-1-11(2-4-13)16-7-17(24-28-16)26-14-5-6-15(22-9-14)12-8-23-25-10-12/h1-10,16,24H/t16-/m0/s1. The van der Waals surface area contributed by atoms with Gasteiger partial charge in [0.05, 0.1) is 23.7 Å². The molecule has 2 aromatic heterocycles. The number of benzene rings is 1. The van der Waals surface area contributed by atoms with Crippen LogP contribution in [0.25, 0.3) is 11.3 Å². The largest absolute Gasteiger partial charge is 0.573 e. The molecule has 144 valence electrons. The van der Waals surface area contributed by atoms with Gasteiger partial charge in [0.15, 0.2) is 0 Å². The summed E-state index contributed by atoms with van der Waals surface area (Å²) in [6.07, 6.45) is 0.945. The SMILES string of the molecule is FC(F)(F)Oc1ccc([C@@H]2C=C(Oc3ccc(-c4cnoc4)nc3)NO2)cc1. The molecule has 0 saturated heterocycles. The maximum absolute atomic E-state index is 12.2. The van der Waals surface area contributed by atoms with Crippen LogP contribution in [0.15, 0.2) is 71.5 Å². The van der Waals surface area contributed by atoms with Crippen LogP contribution < -0.4 is 15.0 Å². The van der Waals surface area contributed by atoms with Gasteiger partial charge in [-0.25, -0.2) is 5.48 Å². The van der Waals surface area contributed by atoms with E-state index in [1.54, 1.807) is 24.4 Å². The average Bonchev–Trinajstić information content (AvgIpc) is 3.34. The Hall–Kier alpha value is -3.53. The third kappa shape index (κ3) is 4.23. The first kappa shape index (κ1) is 17.9. The molecule has 4 rings (SSSR count). The first-order chi connectivity index (χ1) is 13.5. The quantitative estimate of drug-likeness (QED) is 0.701. The Kier molecular flexibility index (Phi) is 4.62. The predicted octanol–water partition coefficient (Wildman–Crippen LogP) is 4.13. The molecule has 1 atom stereocenters. The van der Waals surface area contributed by atoms with Crippen molar-refractivity contribution < 1.29 is 32.0 Å². The summed E-state index contributed by atoms with van der Waals surface area (Å²) in [5.41, 5.74) is 4.67. The molecule has 0 spiro atoms. The number of nitrogens with zero attached hydrogens (tertiary/aromatic N) is 2. The molecule has 1 N–H and O–H groups in total. The van der Waals surface area contributed by atoms with Gasteiger partial charge in [-0.1, -0.05) is 17.3 Å². The van der Waals surface area contributed by atoms with Crippen LogP contribution >= 0.6 is 0 Å². The van der Waals surface area contributed by atoms with Crippen molar-refractivity contribution in [2.75, 3.05) is 0 Å². The van der Waals surface area contributed by atoms with Gasteiger partial charge in [0.25, 0.3) is 0 Å². The van der Waals surface area contributed by atoms with Crippen LogP contribution in [0, 0.1) is 0 Å². The maximum Gasteiger partial charge on any atom is 0.573 e. The molecule has 0 fully saturated rings. The number of aromatic nitrogens is 2. The van der Waals surface area contributed by atoms with Crippen molar-refractivity contribution >= 4 is 0 Å². The molecular weight excluding hydrogens is 379 g/mol. The fourth-order valence-electron chi connectivity index (χ4n) is 2.48. The van der Waals surface area contributed by atoms with Gasteiger partial charge >= 0.3 is 6.36 Å². The van der Waals surface area contributed by atoms with Crippen LogP contribution in [-0.4, -0.2) is 16.5 Å². The van der Waals surface area contributed by atoms with E-state index in [-0.39, 0.29) is 5.75 Å². The highest BCUT2D eigenvalue weighted by atomic mass is 19.4. The van der Waals surface area contributed by atoms with Crippen LogP contribution in [0.2, 0.25) is 0 Å². The van der Waals surface area contributed by atoms with Gasteiger partial charge in [-0.3, -0.25) is 9.82 Å². The lowest BCUT2D eigenvalue weighted by atomic mass is 10.1. The van der Waals surface area contributed by atoms with Gasteiger partial charge in [0, 0.05) is 6.08 Å². The number of hydrogen-bond donors (Lipinski definition) is 1. The summed E-state index contributed by atoms with van der Waals surface area (Å²) in [5.74, 6) is 0.499. The predicted molar refractivity (Wildman–Crippen MR) is 88.5 cm³/mol. The molecule has 0 radical (unpaired) electrons. The molecule has 1 aliphatic heterocycles. The van der Waals surface area contributed by atoms with Crippen LogP contribution in [0.4, 0.5) is 13.2 Å². The number of halogens is 3. The Bertz CT molecular complexity index is 955. The molecule has 0 amide bonds. The second kappa shape index (κ2) is 7.24. The number of hydroxylamine groups is 1. The van der Waals surface area contributed by atoms with E-state index in [1.807, 2.05) is 0 Å². The Labute approximate surface area is 156 Å². The highest BCUT2D eigenvalue weighted by Gasteiger charge is 2.31. The second-order valence-electron chi connectivity index (χ2n) is 5.68. The summed E-state index contributed by atoms with van der Waals surface area (Å²) in [6.45, 7) is 0. The van der Waals surface area contributed by atoms with E-state index < -0.39 is 12.5 Å². The van der Waals surface area contributed by atoms with Crippen molar-refractivity contribution in [3.8, 4) is 22.8 Å². The highest BCUT2D eigenvalue weighted by molar-refractivity contribution is 5.56. The monoisotopic (exact) mass is 391 g/mol. The van der Waals surface area contributed by atoms with Crippen molar-refractivity contribution in [1.82, 2.24) is 15.6 Å². The zero-order valence-corrected chi connectivity index (χ0v) is 14.0. The van der Waals surface area contributed by atoms with E-state index >= 15 is 0 Å². The zero-order chi connectivity index (χ0) is 19.6. The summed E-state index contributed by atoms with van der Waals surface area (Å²) in [4.78, 5) is 9.63. The number of alkyl halides is 3. The number of hydrogen-bond acceptors (Lipinski definition) is 7. The first-order valence-corrected chi connectivity index (χ1v) is 7.99. The zero-order valence-electron chi connectivity index (χ0n) is 14.0. The van der Waals surface area contributed by atoms with Gasteiger partial charge in [0.1, 0.15) is 23.9 Å². The van der Waals surface area contributed by atoms with E-state index in [2.05, 4.69) is 20.4 Å². The Morgan fingerprint density at radius 3 is 2.43 bits per heavy atom. The molecule has 0 saturated carbocycles. The van der Waals surface area contributed by atoms with Crippen molar-refractivity contribution in [2.45, 2.75) is 12.5 Å². The van der Waals surface area contributed by atoms with E-state index in [1.165, 1.54) is 36.7 Å². The third-order valence-electron chi connectivity index (χ3n) is 3.72. The van der Waals surface area contributed by atoms with Crippen molar-refractivity contribution in [2.24, 2.45) is 0 Å². The number of pyridine rings is 1. The minimum absolute atomic E-state index is 0.304. The fraction of sp³-hybridized carbons (Fsp3) is 0.111. The number of rotatable bonds is 5. The van der Waals surface area contributed by atoms with Gasteiger partial charge in [-0.15, -0.1) is 13.2 Å². The third-order valence-corrected chi connectivity index (χ3v) is 3.72. The van der Waals surface area contributed by atoms with Crippen molar-refractivity contribution in [1.29, 1.82) is 0 Å². The average molecular weight is 391 g/mol. The molecule has 3 heterocycles. The van der Waals surface area contributed by atoms with Crippen LogP contribution in [0.3, 0.4) is 0 Å². The van der Waals surface area contributed by atoms with Gasteiger partial charge in [-0.05, 0) is 29.8 Å². The van der Waals surface area contributed by atoms with E-state index in [0.717, 1.165) is 5.56 Å². The van der Waals surface area contributed by atoms with Gasteiger partial charge < -0.3 is 14.0 Å². The number of nitrogens with one attached hydrogen (secondary N) is 1. The summed E-state index contributed by atoms with van der Waals surface area (Å²) in [6, 6.07) is 8.84. The van der Waals surface area contributed by atoms with Gasteiger partial charge in [-0.2, -0.15) is 0 Å². The molecular formula is C18H12F3N3O4. The summed E-state index contributed by atoms with van der Waals surface area (Å²) in [5, 5.41) is 3.62. The summed E-state index contributed by atoms with van der Waals surface area (Å²) in [7, 11) is 0.